The summed E-state index contributed by atoms with van der Waals surface area (Å²) in [6.45, 7) is 2.19. The second-order valence-corrected chi connectivity index (χ2v) is 6.36. The number of carbonyl (C=O) groups excluding carboxylic acids is 3. The first kappa shape index (κ1) is 19.6. The molecule has 0 spiro atoms. The third-order valence-corrected chi connectivity index (χ3v) is 4.38. The Morgan fingerprint density at radius 1 is 1.27 bits per heavy atom. The number of benzene rings is 1. The molecule has 1 aromatic rings. The van der Waals surface area contributed by atoms with E-state index in [0.29, 0.717) is 18.8 Å². The number of amides is 3. The maximum atomic E-state index is 12.5. The number of rotatable bonds is 5. The zero-order chi connectivity index (χ0) is 19.3. The fourth-order valence-corrected chi connectivity index (χ4v) is 2.87. The molecule has 0 aliphatic carbocycles. The van der Waals surface area contributed by atoms with Crippen molar-refractivity contribution in [2.75, 3.05) is 52.3 Å². The van der Waals surface area contributed by atoms with E-state index in [2.05, 4.69) is 5.32 Å². The van der Waals surface area contributed by atoms with Crippen molar-refractivity contribution < 1.29 is 19.1 Å². The lowest BCUT2D eigenvalue weighted by atomic mass is 10.1. The summed E-state index contributed by atoms with van der Waals surface area (Å²) in [5.74, 6) is -0.0631. The number of nitrogens with zero attached hydrogens (tertiary/aromatic N) is 3. The molecule has 1 fully saturated rings. The van der Waals surface area contributed by atoms with Gasteiger partial charge in [-0.15, -0.1) is 0 Å². The molecule has 1 aromatic carbocycles. The van der Waals surface area contributed by atoms with E-state index in [0.717, 1.165) is 5.69 Å². The highest BCUT2D eigenvalue weighted by Crippen LogP contribution is 2.19. The van der Waals surface area contributed by atoms with E-state index in [1.165, 1.54) is 18.9 Å². The van der Waals surface area contributed by atoms with Crippen molar-refractivity contribution in [2.45, 2.75) is 13.0 Å². The lowest BCUT2D eigenvalue weighted by molar-refractivity contribution is -0.147. The molecule has 142 valence electrons. The van der Waals surface area contributed by atoms with Crippen LogP contribution in [0.25, 0.3) is 0 Å². The quantitative estimate of drug-likeness (QED) is 0.793. The fourth-order valence-electron chi connectivity index (χ4n) is 2.87. The topological polar surface area (TPSA) is 82.2 Å². The Morgan fingerprint density at radius 3 is 2.62 bits per heavy atom. The summed E-state index contributed by atoms with van der Waals surface area (Å²) in [6, 6.07) is 6.79. The summed E-state index contributed by atoms with van der Waals surface area (Å²) in [5, 5.41) is 2.55. The molecule has 1 aliphatic rings. The third kappa shape index (κ3) is 4.65. The van der Waals surface area contributed by atoms with E-state index < -0.39 is 6.04 Å². The van der Waals surface area contributed by atoms with E-state index in [1.54, 1.807) is 11.0 Å². The number of carbonyl (C=O) groups is 3. The van der Waals surface area contributed by atoms with Crippen LogP contribution < -0.4 is 15.0 Å². The van der Waals surface area contributed by atoms with Crippen molar-refractivity contribution in [3.8, 4) is 5.75 Å². The highest BCUT2D eigenvalue weighted by molar-refractivity contribution is 5.88. The predicted molar refractivity (Wildman–Crippen MR) is 98.1 cm³/mol. The Hall–Kier alpha value is -2.77. The molecule has 0 aromatic heterocycles. The van der Waals surface area contributed by atoms with Crippen LogP contribution in [0, 0.1) is 0 Å². The van der Waals surface area contributed by atoms with Gasteiger partial charge in [-0.1, -0.05) is 6.07 Å². The SMILES string of the molecule is CNC(=O)C1CN(C(=O)COc2cccc(N(C)C)c2)CCN1C(C)=O. The summed E-state index contributed by atoms with van der Waals surface area (Å²) in [6.07, 6.45) is 0. The summed E-state index contributed by atoms with van der Waals surface area (Å²) in [7, 11) is 5.37. The average Bonchev–Trinajstić information content (AvgIpc) is 2.65. The van der Waals surface area contributed by atoms with Crippen molar-refractivity contribution in [3.63, 3.8) is 0 Å². The van der Waals surface area contributed by atoms with Gasteiger partial charge in [-0.25, -0.2) is 0 Å². The normalized spacial score (nSPS) is 16.8. The van der Waals surface area contributed by atoms with Gasteiger partial charge >= 0.3 is 0 Å². The van der Waals surface area contributed by atoms with Crippen LogP contribution in [0.3, 0.4) is 0 Å². The van der Waals surface area contributed by atoms with Crippen molar-refractivity contribution in [2.24, 2.45) is 0 Å². The molecule has 1 aliphatic heterocycles. The second-order valence-electron chi connectivity index (χ2n) is 6.36. The van der Waals surface area contributed by atoms with Crippen LogP contribution >= 0.6 is 0 Å². The Bertz CT molecular complexity index is 677. The summed E-state index contributed by atoms with van der Waals surface area (Å²) < 4.78 is 5.61. The van der Waals surface area contributed by atoms with E-state index in [-0.39, 0.29) is 30.9 Å². The molecule has 3 amide bonds. The lowest BCUT2D eigenvalue weighted by Crippen LogP contribution is -2.61. The molecule has 1 saturated heterocycles. The van der Waals surface area contributed by atoms with Gasteiger partial charge in [0.05, 0.1) is 6.54 Å². The van der Waals surface area contributed by atoms with Crippen LogP contribution in [0.1, 0.15) is 6.92 Å². The van der Waals surface area contributed by atoms with Gasteiger partial charge in [-0.3, -0.25) is 14.4 Å². The Labute approximate surface area is 153 Å². The Balaban J connectivity index is 1.98. The lowest BCUT2D eigenvalue weighted by Gasteiger charge is -2.39. The first-order chi connectivity index (χ1) is 12.3. The number of hydrogen-bond acceptors (Lipinski definition) is 5. The van der Waals surface area contributed by atoms with E-state index in [1.807, 2.05) is 37.2 Å². The second kappa shape index (κ2) is 8.55. The molecule has 1 heterocycles. The number of likely N-dealkylation sites (N-methyl/N-ethyl adjacent to an activating group) is 1. The minimum Gasteiger partial charge on any atom is -0.484 e. The van der Waals surface area contributed by atoms with Crippen molar-refractivity contribution in [1.29, 1.82) is 0 Å². The van der Waals surface area contributed by atoms with Crippen molar-refractivity contribution >= 4 is 23.4 Å². The van der Waals surface area contributed by atoms with Gasteiger partial charge in [0.1, 0.15) is 11.8 Å². The smallest absolute Gasteiger partial charge is 0.260 e. The average molecular weight is 362 g/mol. The maximum Gasteiger partial charge on any atom is 0.260 e. The van der Waals surface area contributed by atoms with E-state index in [9.17, 15) is 14.4 Å². The molecule has 1 atom stereocenters. The maximum absolute atomic E-state index is 12.5. The monoisotopic (exact) mass is 362 g/mol. The predicted octanol–water partition coefficient (Wildman–Crippen LogP) is -0.0633. The number of hydrogen-bond donors (Lipinski definition) is 1. The van der Waals surface area contributed by atoms with Crippen LogP contribution in [0.2, 0.25) is 0 Å². The van der Waals surface area contributed by atoms with Crippen LogP contribution in [-0.2, 0) is 14.4 Å². The zero-order valence-corrected chi connectivity index (χ0v) is 15.7. The molecule has 2 rings (SSSR count). The zero-order valence-electron chi connectivity index (χ0n) is 15.7. The number of ether oxygens (including phenoxy) is 1. The van der Waals surface area contributed by atoms with Gasteiger partial charge in [-0.2, -0.15) is 0 Å². The number of piperazine rings is 1. The highest BCUT2D eigenvalue weighted by Gasteiger charge is 2.35. The molecule has 0 saturated carbocycles. The molecule has 1 unspecified atom stereocenters. The standard InChI is InChI=1S/C18H26N4O4/c1-13(23)22-9-8-21(11-16(22)18(25)19-2)17(24)12-26-15-7-5-6-14(10-15)20(3)4/h5-7,10,16H,8-9,11-12H2,1-4H3,(H,19,25). The first-order valence-electron chi connectivity index (χ1n) is 8.50. The molecule has 8 nitrogen and oxygen atoms in total. The summed E-state index contributed by atoms with van der Waals surface area (Å²) >= 11 is 0. The van der Waals surface area contributed by atoms with Gasteiger partial charge in [0.2, 0.25) is 11.8 Å². The van der Waals surface area contributed by atoms with Gasteiger partial charge < -0.3 is 24.8 Å². The van der Waals surface area contributed by atoms with Gasteiger partial charge in [0.25, 0.3) is 5.91 Å². The van der Waals surface area contributed by atoms with E-state index in [4.69, 9.17) is 4.74 Å². The van der Waals surface area contributed by atoms with Crippen molar-refractivity contribution in [1.82, 2.24) is 15.1 Å². The molecule has 0 bridgehead atoms. The van der Waals surface area contributed by atoms with Gasteiger partial charge in [0, 0.05) is 52.9 Å². The van der Waals surface area contributed by atoms with Gasteiger partial charge in [0.15, 0.2) is 6.61 Å². The molecular formula is C18H26N4O4. The Morgan fingerprint density at radius 2 is 2.00 bits per heavy atom. The van der Waals surface area contributed by atoms with Crippen LogP contribution in [0.15, 0.2) is 24.3 Å². The molecule has 26 heavy (non-hydrogen) atoms. The minimum atomic E-state index is -0.674. The number of nitrogens with one attached hydrogen (secondary N) is 1. The van der Waals surface area contributed by atoms with Crippen molar-refractivity contribution in [3.05, 3.63) is 24.3 Å². The highest BCUT2D eigenvalue weighted by atomic mass is 16.5. The largest absolute Gasteiger partial charge is 0.484 e. The van der Waals surface area contributed by atoms with Crippen LogP contribution in [0.5, 0.6) is 5.75 Å². The molecule has 8 heteroatoms. The summed E-state index contributed by atoms with van der Waals surface area (Å²) in [4.78, 5) is 41.3. The molecular weight excluding hydrogens is 336 g/mol. The van der Waals surface area contributed by atoms with Gasteiger partial charge in [-0.05, 0) is 12.1 Å². The minimum absolute atomic E-state index is 0.114. The fraction of sp³-hybridized carbons (Fsp3) is 0.500. The van der Waals surface area contributed by atoms with E-state index >= 15 is 0 Å². The van der Waals surface area contributed by atoms with Crippen LogP contribution in [-0.4, -0.2) is 80.9 Å². The molecule has 1 N–H and O–H groups in total. The number of anilines is 1. The summed E-state index contributed by atoms with van der Waals surface area (Å²) in [5.41, 5.74) is 0.977. The first-order valence-corrected chi connectivity index (χ1v) is 8.50. The third-order valence-electron chi connectivity index (χ3n) is 4.38. The Kier molecular flexibility index (Phi) is 6.43. The molecule has 0 radical (unpaired) electrons. The van der Waals surface area contributed by atoms with Crippen LogP contribution in [0.4, 0.5) is 5.69 Å².